The summed E-state index contributed by atoms with van der Waals surface area (Å²) in [6.45, 7) is 3.16. The van der Waals surface area contributed by atoms with Gasteiger partial charge in [0.15, 0.2) is 17.3 Å². The maximum absolute atomic E-state index is 13.2. The van der Waals surface area contributed by atoms with Crippen molar-refractivity contribution in [2.45, 2.75) is 25.1 Å². The van der Waals surface area contributed by atoms with E-state index in [9.17, 15) is 13.2 Å². The largest absolute Gasteiger partial charge is 0.454 e. The summed E-state index contributed by atoms with van der Waals surface area (Å²) in [5, 5.41) is 4.95. The van der Waals surface area contributed by atoms with E-state index in [0.717, 1.165) is 11.3 Å². The van der Waals surface area contributed by atoms with Crippen LogP contribution in [0.25, 0.3) is 0 Å². The van der Waals surface area contributed by atoms with Crippen LogP contribution < -0.4 is 14.2 Å². The highest BCUT2D eigenvalue weighted by Crippen LogP contribution is 2.36. The highest BCUT2D eigenvalue weighted by Gasteiger charge is 2.27. The number of halogens is 1. The van der Waals surface area contributed by atoms with E-state index in [1.807, 2.05) is 0 Å². The first-order valence-corrected chi connectivity index (χ1v) is 10.9. The van der Waals surface area contributed by atoms with Crippen molar-refractivity contribution in [3.8, 4) is 11.5 Å². The molecule has 0 atom stereocenters. The number of nitrogens with zero attached hydrogens (tertiary/aromatic N) is 1. The Bertz CT molecular complexity index is 1300. The molecule has 0 saturated carbocycles. The maximum Gasteiger partial charge on any atom is 0.265 e. The second-order valence-corrected chi connectivity index (χ2v) is 9.05. The predicted molar refractivity (Wildman–Crippen MR) is 107 cm³/mol. The van der Waals surface area contributed by atoms with Crippen molar-refractivity contribution in [1.29, 1.82) is 0 Å². The van der Waals surface area contributed by atoms with Crippen molar-refractivity contribution in [2.24, 2.45) is 0 Å². The molecular formula is C18H15ClN2O6S2. The van der Waals surface area contributed by atoms with E-state index in [2.05, 4.69) is 9.88 Å². The molecule has 0 fully saturated rings. The van der Waals surface area contributed by atoms with Crippen molar-refractivity contribution >= 4 is 44.6 Å². The van der Waals surface area contributed by atoms with E-state index < -0.39 is 27.1 Å². The molecule has 0 aliphatic carbocycles. The number of nitrogens with one attached hydrogen (secondary N) is 1. The van der Waals surface area contributed by atoms with Gasteiger partial charge in [-0.25, -0.2) is 13.1 Å². The summed E-state index contributed by atoms with van der Waals surface area (Å²) >= 11 is 6.78. The molecule has 0 radical (unpaired) electrons. The smallest absolute Gasteiger partial charge is 0.265 e. The number of sulfonamides is 1. The molecule has 1 aromatic carbocycles. The maximum atomic E-state index is 13.2. The van der Waals surface area contributed by atoms with Crippen LogP contribution >= 0.6 is 22.9 Å². The van der Waals surface area contributed by atoms with Crippen LogP contribution in [0.3, 0.4) is 0 Å². The number of aryl methyl sites for hydroxylation is 2. The van der Waals surface area contributed by atoms with Crippen LogP contribution in [0.5, 0.6) is 11.5 Å². The van der Waals surface area contributed by atoms with E-state index in [1.54, 1.807) is 13.0 Å². The van der Waals surface area contributed by atoms with Crippen molar-refractivity contribution in [3.63, 3.8) is 0 Å². The molecule has 29 heavy (non-hydrogen) atoms. The summed E-state index contributed by atoms with van der Waals surface area (Å²) in [7, 11) is -4.31. The Morgan fingerprint density at radius 2 is 2.07 bits per heavy atom. The molecule has 1 aliphatic rings. The number of hydrogen-bond donors (Lipinski definition) is 1. The number of hydrogen-bond acceptors (Lipinski definition) is 8. The number of ketones is 1. The van der Waals surface area contributed by atoms with Crippen molar-refractivity contribution in [3.05, 3.63) is 50.3 Å². The molecule has 3 aromatic rings. The van der Waals surface area contributed by atoms with Crippen molar-refractivity contribution in [2.75, 3.05) is 11.5 Å². The lowest BCUT2D eigenvalue weighted by atomic mass is 10.0. The molecule has 2 aromatic heterocycles. The minimum absolute atomic E-state index is 0.00215. The number of rotatable bonds is 6. The molecule has 1 N–H and O–H groups in total. The van der Waals surface area contributed by atoms with Gasteiger partial charge in [0, 0.05) is 9.11 Å². The molecule has 0 amide bonds. The highest BCUT2D eigenvalue weighted by atomic mass is 35.5. The van der Waals surface area contributed by atoms with Crippen LogP contribution in [-0.2, 0) is 16.4 Å². The van der Waals surface area contributed by atoms with Crippen molar-refractivity contribution < 1.29 is 30.0 Å². The molecule has 0 saturated heterocycles. The fourth-order valence-corrected chi connectivity index (χ4v) is 5.12. The third-order valence-electron chi connectivity index (χ3n) is 4.11. The van der Waals surface area contributed by atoms with Gasteiger partial charge in [0.05, 0.1) is 4.88 Å². The standard InChI is InChI=1S/C18H15ClN2O6S2/c1-9-5-13-14(26-8-25-13)7-11(9)6-12(22)17-15(3-4-28-17)29(23,24)21-18-16(19)10(2)20-27-18/h3-5,7,21H,6,8H2,1-2H3/i6D2. The van der Waals surface area contributed by atoms with Crippen LogP contribution in [0, 0.1) is 13.8 Å². The second kappa shape index (κ2) is 7.36. The third kappa shape index (κ3) is 3.70. The first kappa shape index (κ1) is 17.3. The van der Waals surface area contributed by atoms with Crippen LogP contribution in [-0.4, -0.2) is 26.2 Å². The molecule has 0 unspecified atom stereocenters. The number of ether oxygens (including phenoxy) is 2. The number of benzene rings is 1. The minimum Gasteiger partial charge on any atom is -0.454 e. The van der Waals surface area contributed by atoms with Gasteiger partial charge in [-0.1, -0.05) is 16.8 Å². The summed E-state index contributed by atoms with van der Waals surface area (Å²) < 4.78 is 60.3. The summed E-state index contributed by atoms with van der Waals surface area (Å²) in [5.74, 6) is -0.538. The summed E-state index contributed by atoms with van der Waals surface area (Å²) in [6.07, 6.45) is -2.53. The Morgan fingerprint density at radius 1 is 1.34 bits per heavy atom. The van der Waals surface area contributed by atoms with Gasteiger partial charge in [-0.3, -0.25) is 4.79 Å². The van der Waals surface area contributed by atoms with Crippen LogP contribution in [0.15, 0.2) is 33.0 Å². The van der Waals surface area contributed by atoms with Gasteiger partial charge in [0.25, 0.3) is 15.9 Å². The number of thiophene rings is 1. The fraction of sp³-hybridized carbons (Fsp3) is 0.222. The Kier molecular flexibility index (Phi) is 4.39. The molecule has 0 spiro atoms. The topological polar surface area (TPSA) is 108 Å². The molecular weight excluding hydrogens is 440 g/mol. The number of carbonyl (C=O) groups excluding carboxylic acids is 1. The lowest BCUT2D eigenvalue weighted by Crippen LogP contribution is -2.16. The quantitative estimate of drug-likeness (QED) is 0.559. The Balaban J connectivity index is 1.71. The minimum atomic E-state index is -4.31. The zero-order valence-corrected chi connectivity index (χ0v) is 17.5. The van der Waals surface area contributed by atoms with Crippen LogP contribution in [0.2, 0.25) is 5.02 Å². The number of fused-ring (bicyclic) bond motifs is 1. The van der Waals surface area contributed by atoms with Crippen LogP contribution in [0.1, 0.15) is 29.2 Å². The Labute approximate surface area is 178 Å². The molecule has 0 bridgehead atoms. The SMILES string of the molecule is [2H]C([2H])(C(=O)c1sccc1S(=O)(=O)Nc1onc(C)c1Cl)c1cc2c(cc1C)OCO2. The van der Waals surface area contributed by atoms with Gasteiger partial charge >= 0.3 is 0 Å². The third-order valence-corrected chi connectivity index (χ3v) is 6.97. The normalized spacial score (nSPS) is 14.4. The number of carbonyl (C=O) groups is 1. The fourth-order valence-electron chi connectivity index (χ4n) is 2.63. The highest BCUT2D eigenvalue weighted by molar-refractivity contribution is 7.93. The average Bonchev–Trinajstić information content (AvgIpc) is 3.43. The lowest BCUT2D eigenvalue weighted by Gasteiger charge is -2.09. The second-order valence-electron chi connectivity index (χ2n) is 6.11. The van der Waals surface area contributed by atoms with Gasteiger partial charge < -0.3 is 14.0 Å². The zero-order chi connectivity index (χ0) is 22.6. The Hall–Kier alpha value is -2.56. The van der Waals surface area contributed by atoms with Gasteiger partial charge in [0.1, 0.15) is 15.6 Å². The molecule has 4 rings (SSSR count). The molecule has 1 aliphatic heterocycles. The van der Waals surface area contributed by atoms with E-state index in [4.69, 9.17) is 28.3 Å². The molecule has 11 heteroatoms. The van der Waals surface area contributed by atoms with E-state index in [0.29, 0.717) is 17.1 Å². The first-order chi connectivity index (χ1) is 14.5. The van der Waals surface area contributed by atoms with Crippen molar-refractivity contribution in [1.82, 2.24) is 5.16 Å². The lowest BCUT2D eigenvalue weighted by molar-refractivity contribution is 0.0994. The van der Waals surface area contributed by atoms with Gasteiger partial charge in [-0.2, -0.15) is 0 Å². The van der Waals surface area contributed by atoms with E-state index >= 15 is 0 Å². The van der Waals surface area contributed by atoms with Crippen LogP contribution in [0.4, 0.5) is 5.88 Å². The first-order valence-electron chi connectivity index (χ1n) is 9.20. The predicted octanol–water partition coefficient (Wildman–Crippen LogP) is 3.96. The molecule has 8 nitrogen and oxygen atoms in total. The van der Waals surface area contributed by atoms with Gasteiger partial charge in [-0.15, -0.1) is 11.3 Å². The van der Waals surface area contributed by atoms with E-state index in [-0.39, 0.29) is 33.8 Å². The number of aromatic nitrogens is 1. The molecule has 3 heterocycles. The zero-order valence-electron chi connectivity index (χ0n) is 17.1. The Morgan fingerprint density at radius 3 is 2.76 bits per heavy atom. The number of Topliss-reactive ketones (excluding diaryl/α,β-unsaturated/α-hetero) is 1. The van der Waals surface area contributed by atoms with E-state index in [1.165, 1.54) is 24.4 Å². The monoisotopic (exact) mass is 456 g/mol. The summed E-state index contributed by atoms with van der Waals surface area (Å²) in [6, 6.07) is 4.18. The van der Waals surface area contributed by atoms with Gasteiger partial charge in [-0.05, 0) is 48.6 Å². The summed E-state index contributed by atoms with van der Waals surface area (Å²) in [4.78, 5) is 12.5. The average molecular weight is 457 g/mol. The molecule has 152 valence electrons. The summed E-state index contributed by atoms with van der Waals surface area (Å²) in [5.41, 5.74) is 0.807. The number of anilines is 1. The van der Waals surface area contributed by atoms with Gasteiger partial charge in [0.2, 0.25) is 6.79 Å².